The first-order valence-corrected chi connectivity index (χ1v) is 10.6. The van der Waals surface area contributed by atoms with Gasteiger partial charge in [-0.1, -0.05) is 0 Å². The van der Waals surface area contributed by atoms with Gasteiger partial charge in [0.2, 0.25) is 10.0 Å². The van der Waals surface area contributed by atoms with Crippen LogP contribution in [0, 0.1) is 5.82 Å². The molecule has 1 heterocycles. The Morgan fingerprint density at radius 1 is 1.07 bits per heavy atom. The summed E-state index contributed by atoms with van der Waals surface area (Å²) in [6.07, 6.45) is 0.941. The third-order valence-electron chi connectivity index (χ3n) is 4.88. The van der Waals surface area contributed by atoms with Crippen molar-refractivity contribution in [2.75, 3.05) is 27.3 Å². The standard InChI is InChI=1S/C20H23FN2O5S/c1-27-17-7-8-18(28-2)19(13-17)29(25,26)23-11-9-16(10-12-23)22-20(24)14-3-5-15(21)6-4-14/h3-8,13,16H,9-12H2,1-2H3,(H,22,24). The highest BCUT2D eigenvalue weighted by Crippen LogP contribution is 2.31. The molecule has 1 saturated heterocycles. The molecule has 156 valence electrons. The van der Waals surface area contributed by atoms with Crippen molar-refractivity contribution in [1.29, 1.82) is 0 Å². The summed E-state index contributed by atoms with van der Waals surface area (Å²) in [5, 5.41) is 2.88. The summed E-state index contributed by atoms with van der Waals surface area (Å²) >= 11 is 0. The lowest BCUT2D eigenvalue weighted by molar-refractivity contribution is 0.0924. The summed E-state index contributed by atoms with van der Waals surface area (Å²) in [6, 6.07) is 9.76. The molecule has 0 saturated carbocycles. The van der Waals surface area contributed by atoms with Crippen molar-refractivity contribution in [1.82, 2.24) is 9.62 Å². The molecule has 9 heteroatoms. The predicted molar refractivity (Wildman–Crippen MR) is 105 cm³/mol. The molecule has 0 bridgehead atoms. The minimum atomic E-state index is -3.77. The number of nitrogens with one attached hydrogen (secondary N) is 1. The molecule has 0 atom stereocenters. The first-order chi connectivity index (χ1) is 13.8. The zero-order valence-electron chi connectivity index (χ0n) is 16.2. The first-order valence-electron chi connectivity index (χ1n) is 9.13. The number of rotatable bonds is 6. The summed E-state index contributed by atoms with van der Waals surface area (Å²) < 4.78 is 50.9. The molecule has 1 amide bonds. The van der Waals surface area contributed by atoms with Crippen LogP contribution in [-0.2, 0) is 10.0 Å². The Balaban J connectivity index is 1.67. The zero-order valence-corrected chi connectivity index (χ0v) is 17.0. The molecule has 1 aliphatic rings. The summed E-state index contributed by atoms with van der Waals surface area (Å²) in [4.78, 5) is 12.3. The molecule has 1 fully saturated rings. The molecule has 1 aliphatic heterocycles. The highest BCUT2D eigenvalue weighted by molar-refractivity contribution is 7.89. The zero-order chi connectivity index (χ0) is 21.0. The highest BCUT2D eigenvalue weighted by atomic mass is 32.2. The number of carbonyl (C=O) groups is 1. The van der Waals surface area contributed by atoms with E-state index in [0.29, 0.717) is 24.2 Å². The molecular formula is C20H23FN2O5S. The average molecular weight is 422 g/mol. The van der Waals surface area contributed by atoms with E-state index in [9.17, 15) is 17.6 Å². The van der Waals surface area contributed by atoms with Crippen LogP contribution < -0.4 is 14.8 Å². The maximum Gasteiger partial charge on any atom is 0.251 e. The summed E-state index contributed by atoms with van der Waals surface area (Å²) in [5.74, 6) is -0.0443. The van der Waals surface area contributed by atoms with Crippen molar-refractivity contribution >= 4 is 15.9 Å². The van der Waals surface area contributed by atoms with E-state index in [-0.39, 0.29) is 35.7 Å². The van der Waals surface area contributed by atoms with Crippen molar-refractivity contribution in [2.24, 2.45) is 0 Å². The highest BCUT2D eigenvalue weighted by Gasteiger charge is 2.32. The largest absolute Gasteiger partial charge is 0.497 e. The second-order valence-electron chi connectivity index (χ2n) is 6.68. The van der Waals surface area contributed by atoms with Gasteiger partial charge in [-0.05, 0) is 49.2 Å². The number of ether oxygens (including phenoxy) is 2. The molecule has 7 nitrogen and oxygen atoms in total. The minimum absolute atomic E-state index is 0.0492. The predicted octanol–water partition coefficient (Wildman–Crippen LogP) is 2.43. The van der Waals surface area contributed by atoms with Gasteiger partial charge < -0.3 is 14.8 Å². The molecule has 29 heavy (non-hydrogen) atoms. The Morgan fingerprint density at radius 2 is 1.72 bits per heavy atom. The van der Waals surface area contributed by atoms with Gasteiger partial charge in [-0.25, -0.2) is 12.8 Å². The molecule has 0 unspecified atom stereocenters. The molecule has 1 N–H and O–H groups in total. The van der Waals surface area contributed by atoms with E-state index < -0.39 is 15.8 Å². The third-order valence-corrected chi connectivity index (χ3v) is 6.80. The van der Waals surface area contributed by atoms with Gasteiger partial charge in [0.05, 0.1) is 14.2 Å². The second-order valence-corrected chi connectivity index (χ2v) is 8.58. The van der Waals surface area contributed by atoms with Crippen molar-refractivity contribution in [3.63, 3.8) is 0 Å². The number of sulfonamides is 1. The van der Waals surface area contributed by atoms with Crippen LogP contribution in [0.3, 0.4) is 0 Å². The fourth-order valence-corrected chi connectivity index (χ4v) is 4.88. The summed E-state index contributed by atoms with van der Waals surface area (Å²) in [7, 11) is -0.892. The lowest BCUT2D eigenvalue weighted by Crippen LogP contribution is -2.46. The fourth-order valence-electron chi connectivity index (χ4n) is 3.24. The number of hydrogen-bond donors (Lipinski definition) is 1. The lowest BCUT2D eigenvalue weighted by Gasteiger charge is -2.32. The van der Waals surface area contributed by atoms with Crippen LogP contribution in [0.2, 0.25) is 0 Å². The second kappa shape index (κ2) is 8.79. The van der Waals surface area contributed by atoms with Crippen molar-refractivity contribution in [3.8, 4) is 11.5 Å². The Morgan fingerprint density at radius 3 is 2.31 bits per heavy atom. The topological polar surface area (TPSA) is 84.9 Å². The van der Waals surface area contributed by atoms with Crippen LogP contribution in [0.15, 0.2) is 47.4 Å². The Bertz CT molecular complexity index is 971. The smallest absolute Gasteiger partial charge is 0.251 e. The van der Waals surface area contributed by atoms with E-state index in [4.69, 9.17) is 9.47 Å². The first kappa shape index (κ1) is 21.1. The van der Waals surface area contributed by atoms with Crippen LogP contribution in [-0.4, -0.2) is 52.0 Å². The van der Waals surface area contributed by atoms with E-state index in [1.165, 1.54) is 48.9 Å². The van der Waals surface area contributed by atoms with E-state index >= 15 is 0 Å². The molecule has 0 aliphatic carbocycles. The number of nitrogens with zero attached hydrogens (tertiary/aromatic N) is 1. The lowest BCUT2D eigenvalue weighted by atomic mass is 10.1. The van der Waals surface area contributed by atoms with Gasteiger partial charge in [0.15, 0.2) is 0 Å². The molecule has 0 radical (unpaired) electrons. The van der Waals surface area contributed by atoms with Gasteiger partial charge >= 0.3 is 0 Å². The molecule has 2 aromatic rings. The maximum atomic E-state index is 13.1. The fraction of sp³-hybridized carbons (Fsp3) is 0.350. The number of hydrogen-bond acceptors (Lipinski definition) is 5. The van der Waals surface area contributed by atoms with Crippen molar-refractivity contribution in [3.05, 3.63) is 53.8 Å². The summed E-state index contributed by atoms with van der Waals surface area (Å²) in [6.45, 7) is 0.522. The SMILES string of the molecule is COc1ccc(OC)c(S(=O)(=O)N2CCC(NC(=O)c3ccc(F)cc3)CC2)c1. The van der Waals surface area contributed by atoms with Crippen LogP contribution in [0.5, 0.6) is 11.5 Å². The van der Waals surface area contributed by atoms with E-state index in [1.807, 2.05) is 0 Å². The maximum absolute atomic E-state index is 13.1. The van der Waals surface area contributed by atoms with Crippen molar-refractivity contribution < 1.29 is 27.1 Å². The third kappa shape index (κ3) is 4.68. The van der Waals surface area contributed by atoms with E-state index in [1.54, 1.807) is 12.1 Å². The Kier molecular flexibility index (Phi) is 6.39. The summed E-state index contributed by atoms with van der Waals surface area (Å²) in [5.41, 5.74) is 0.363. The normalized spacial score (nSPS) is 15.7. The molecule has 0 aromatic heterocycles. The number of amides is 1. The number of halogens is 1. The minimum Gasteiger partial charge on any atom is -0.497 e. The van der Waals surface area contributed by atoms with Gasteiger partial charge in [-0.2, -0.15) is 4.31 Å². The number of carbonyl (C=O) groups excluding carboxylic acids is 1. The molecule has 2 aromatic carbocycles. The van der Waals surface area contributed by atoms with E-state index in [2.05, 4.69) is 5.32 Å². The number of benzene rings is 2. The van der Waals surface area contributed by atoms with Crippen LogP contribution in [0.1, 0.15) is 23.2 Å². The molecular weight excluding hydrogens is 399 g/mol. The van der Waals surface area contributed by atoms with Gasteiger partial charge in [-0.15, -0.1) is 0 Å². The quantitative estimate of drug-likeness (QED) is 0.773. The molecule has 3 rings (SSSR count). The van der Waals surface area contributed by atoms with Gasteiger partial charge in [-0.3, -0.25) is 4.79 Å². The van der Waals surface area contributed by atoms with E-state index in [0.717, 1.165) is 0 Å². The number of piperidine rings is 1. The van der Waals surface area contributed by atoms with Crippen LogP contribution in [0.4, 0.5) is 4.39 Å². The Labute approximate surface area is 169 Å². The average Bonchev–Trinajstić information content (AvgIpc) is 2.74. The monoisotopic (exact) mass is 422 g/mol. The van der Waals surface area contributed by atoms with Gasteiger partial charge in [0.1, 0.15) is 22.2 Å². The van der Waals surface area contributed by atoms with Gasteiger partial charge in [0.25, 0.3) is 5.91 Å². The number of methoxy groups -OCH3 is 2. The van der Waals surface area contributed by atoms with Crippen LogP contribution in [0.25, 0.3) is 0 Å². The van der Waals surface area contributed by atoms with Crippen LogP contribution >= 0.6 is 0 Å². The van der Waals surface area contributed by atoms with Crippen molar-refractivity contribution in [2.45, 2.75) is 23.8 Å². The van der Waals surface area contributed by atoms with Gasteiger partial charge in [0, 0.05) is 30.8 Å². The molecule has 0 spiro atoms. The Hall–Kier alpha value is -2.65.